The van der Waals surface area contributed by atoms with E-state index >= 15 is 0 Å². The number of benzene rings is 1. The number of esters is 1. The molecule has 1 saturated heterocycles. The van der Waals surface area contributed by atoms with Gasteiger partial charge in [0.1, 0.15) is 12.4 Å². The fraction of sp³-hybridized carbons (Fsp3) is 0.444. The lowest BCUT2D eigenvalue weighted by Crippen LogP contribution is -2.44. The summed E-state index contributed by atoms with van der Waals surface area (Å²) in [5.74, 6) is -1.07. The number of aliphatic hydroxyl groups excluding tert-OH is 1. The van der Waals surface area contributed by atoms with Crippen LogP contribution in [0.1, 0.15) is 59.2 Å². The Labute approximate surface area is 205 Å². The fourth-order valence-corrected chi connectivity index (χ4v) is 6.60. The molecule has 2 unspecified atom stereocenters. The normalized spacial score (nSPS) is 27.5. The molecule has 1 aliphatic carbocycles. The molecule has 8 nitrogen and oxygen atoms in total. The SMILES string of the molecule is CC[C@@]1(O)C(=O)OCc2c1cc1n(c2=O)Cc2c-1nc1cc(F)c(C)c3c1c2[C@@H](N1CC1CO)CC3. The highest BCUT2D eigenvalue weighted by molar-refractivity contribution is 5.93. The molecule has 7 rings (SSSR count). The molecule has 1 fully saturated rings. The largest absolute Gasteiger partial charge is 0.458 e. The number of pyridine rings is 2. The van der Waals surface area contributed by atoms with Gasteiger partial charge in [-0.05, 0) is 48.9 Å². The monoisotopic (exact) mass is 491 g/mol. The number of halogens is 1. The molecule has 0 bridgehead atoms. The first-order valence-electron chi connectivity index (χ1n) is 12.5. The molecule has 0 saturated carbocycles. The average molecular weight is 492 g/mol. The molecule has 4 aliphatic rings. The second-order valence-corrected chi connectivity index (χ2v) is 10.4. The van der Waals surface area contributed by atoms with Gasteiger partial charge in [0.2, 0.25) is 0 Å². The van der Waals surface area contributed by atoms with E-state index < -0.39 is 11.6 Å². The maximum Gasteiger partial charge on any atom is 0.343 e. The minimum atomic E-state index is -1.90. The van der Waals surface area contributed by atoms with Crippen LogP contribution in [-0.2, 0) is 34.7 Å². The number of cyclic esters (lactones) is 1. The number of hydrogen-bond acceptors (Lipinski definition) is 7. The maximum atomic E-state index is 14.9. The van der Waals surface area contributed by atoms with Crippen molar-refractivity contribution in [1.82, 2.24) is 14.5 Å². The van der Waals surface area contributed by atoms with Gasteiger partial charge in [0.15, 0.2) is 5.60 Å². The van der Waals surface area contributed by atoms with Gasteiger partial charge in [-0.2, -0.15) is 0 Å². The van der Waals surface area contributed by atoms with Crippen molar-refractivity contribution in [3.05, 3.63) is 61.7 Å². The Kier molecular flexibility index (Phi) is 4.43. The van der Waals surface area contributed by atoms with Crippen molar-refractivity contribution in [3.63, 3.8) is 0 Å². The minimum absolute atomic E-state index is 0.0379. The van der Waals surface area contributed by atoms with Crippen LogP contribution in [0.2, 0.25) is 0 Å². The number of fused-ring (bicyclic) bond motifs is 5. The van der Waals surface area contributed by atoms with Crippen LogP contribution < -0.4 is 5.56 Å². The Balaban J connectivity index is 1.53. The molecular weight excluding hydrogens is 465 g/mol. The van der Waals surface area contributed by atoms with Crippen LogP contribution in [-0.4, -0.2) is 49.8 Å². The zero-order valence-corrected chi connectivity index (χ0v) is 20.1. The van der Waals surface area contributed by atoms with Crippen LogP contribution in [0.25, 0.3) is 22.3 Å². The highest BCUT2D eigenvalue weighted by Gasteiger charge is 2.47. The topological polar surface area (TPSA) is 105 Å². The fourth-order valence-electron chi connectivity index (χ4n) is 6.60. The van der Waals surface area contributed by atoms with E-state index in [-0.39, 0.29) is 54.2 Å². The summed E-state index contributed by atoms with van der Waals surface area (Å²) < 4.78 is 21.7. The predicted molar refractivity (Wildman–Crippen MR) is 128 cm³/mol. The summed E-state index contributed by atoms with van der Waals surface area (Å²) in [6.07, 6.45) is 1.58. The molecule has 1 aromatic carbocycles. The number of aliphatic hydroxyl groups is 2. The highest BCUT2D eigenvalue weighted by Crippen LogP contribution is 2.49. The van der Waals surface area contributed by atoms with Gasteiger partial charge < -0.3 is 19.5 Å². The molecular formula is C27H26FN3O5. The van der Waals surface area contributed by atoms with Gasteiger partial charge in [0, 0.05) is 41.2 Å². The quantitative estimate of drug-likeness (QED) is 0.334. The summed E-state index contributed by atoms with van der Waals surface area (Å²) in [6, 6.07) is 3.29. The van der Waals surface area contributed by atoms with E-state index in [1.807, 2.05) is 0 Å². The van der Waals surface area contributed by atoms with Crippen molar-refractivity contribution >= 4 is 16.9 Å². The van der Waals surface area contributed by atoms with Crippen LogP contribution in [0.4, 0.5) is 4.39 Å². The summed E-state index contributed by atoms with van der Waals surface area (Å²) in [7, 11) is 0. The Hall–Kier alpha value is -3.14. The van der Waals surface area contributed by atoms with Crippen molar-refractivity contribution in [2.75, 3.05) is 13.2 Å². The predicted octanol–water partition coefficient (Wildman–Crippen LogP) is 2.19. The molecule has 0 spiro atoms. The Bertz CT molecular complexity index is 1580. The number of ether oxygens (including phenoxy) is 1. The van der Waals surface area contributed by atoms with Crippen molar-refractivity contribution in [3.8, 4) is 11.4 Å². The standard InChI is InChI=1S/C27H26FN3O5/c1-3-27(35)17-6-21-24-15(9-31(21)25(33)16(17)11-36-26(27)34)23-20(30-8-13(30)10-32)5-4-14-12(2)18(28)7-19(29-24)22(14)23/h6-7,13,20,32,35H,3-5,8-11H2,1-2H3/t13?,20-,27-,30?/m0/s1. The average Bonchev–Trinajstić information content (AvgIpc) is 3.57. The molecule has 9 heteroatoms. The van der Waals surface area contributed by atoms with Gasteiger partial charge in [0.05, 0.1) is 35.6 Å². The van der Waals surface area contributed by atoms with Gasteiger partial charge in [-0.1, -0.05) is 6.92 Å². The third kappa shape index (κ3) is 2.65. The molecule has 0 radical (unpaired) electrons. The number of rotatable bonds is 3. The second-order valence-electron chi connectivity index (χ2n) is 10.4. The van der Waals surface area contributed by atoms with Gasteiger partial charge in [-0.3, -0.25) is 9.69 Å². The number of aromatic nitrogens is 2. The van der Waals surface area contributed by atoms with Gasteiger partial charge in [0.25, 0.3) is 5.56 Å². The Morgan fingerprint density at radius 3 is 2.78 bits per heavy atom. The van der Waals surface area contributed by atoms with Crippen molar-refractivity contribution in [2.24, 2.45) is 0 Å². The van der Waals surface area contributed by atoms with E-state index in [2.05, 4.69) is 4.90 Å². The van der Waals surface area contributed by atoms with Gasteiger partial charge >= 0.3 is 5.97 Å². The third-order valence-electron chi connectivity index (χ3n) is 8.72. The van der Waals surface area contributed by atoms with Gasteiger partial charge in [-0.25, -0.2) is 14.2 Å². The molecule has 0 amide bonds. The maximum absolute atomic E-state index is 14.9. The summed E-state index contributed by atoms with van der Waals surface area (Å²) in [4.78, 5) is 33.2. The number of carbonyl (C=O) groups excluding carboxylic acids is 1. The highest BCUT2D eigenvalue weighted by atomic mass is 19.1. The first kappa shape index (κ1) is 22.1. The van der Waals surface area contributed by atoms with Gasteiger partial charge in [-0.15, -0.1) is 0 Å². The first-order chi connectivity index (χ1) is 17.3. The lowest BCUT2D eigenvalue weighted by molar-refractivity contribution is -0.172. The molecule has 36 heavy (non-hydrogen) atoms. The van der Waals surface area contributed by atoms with E-state index in [0.717, 1.165) is 41.5 Å². The zero-order chi connectivity index (χ0) is 25.1. The lowest BCUT2D eigenvalue weighted by atomic mass is 9.81. The number of carbonyl (C=O) groups is 1. The van der Waals surface area contributed by atoms with Crippen molar-refractivity contribution in [1.29, 1.82) is 0 Å². The third-order valence-corrected chi connectivity index (χ3v) is 8.72. The van der Waals surface area contributed by atoms with E-state index in [1.165, 1.54) is 6.07 Å². The summed E-state index contributed by atoms with van der Waals surface area (Å²) in [5, 5.41) is 21.8. The zero-order valence-electron chi connectivity index (χ0n) is 20.1. The Morgan fingerprint density at radius 2 is 2.06 bits per heavy atom. The van der Waals surface area contributed by atoms with Crippen LogP contribution in [0.5, 0.6) is 0 Å². The summed E-state index contributed by atoms with van der Waals surface area (Å²) in [6.45, 7) is 4.46. The van der Waals surface area contributed by atoms with E-state index in [4.69, 9.17) is 9.72 Å². The van der Waals surface area contributed by atoms with Crippen LogP contribution in [0.15, 0.2) is 16.9 Å². The molecule has 3 aromatic rings. The number of hydrogen-bond donors (Lipinski definition) is 2. The van der Waals surface area contributed by atoms with Crippen molar-refractivity contribution in [2.45, 2.75) is 63.9 Å². The van der Waals surface area contributed by atoms with E-state index in [0.29, 0.717) is 29.0 Å². The van der Waals surface area contributed by atoms with Crippen LogP contribution >= 0.6 is 0 Å². The number of aryl methyl sites for hydroxylation is 1. The van der Waals surface area contributed by atoms with E-state index in [9.17, 15) is 24.2 Å². The summed E-state index contributed by atoms with van der Waals surface area (Å²) >= 11 is 0. The molecule has 2 N–H and O–H groups in total. The lowest BCUT2D eigenvalue weighted by Gasteiger charge is -2.31. The van der Waals surface area contributed by atoms with Crippen molar-refractivity contribution < 1.29 is 24.1 Å². The Morgan fingerprint density at radius 1 is 1.25 bits per heavy atom. The molecule has 4 atom stereocenters. The molecule has 3 aliphatic heterocycles. The smallest absolute Gasteiger partial charge is 0.343 e. The van der Waals surface area contributed by atoms with Crippen LogP contribution in [0.3, 0.4) is 0 Å². The molecule has 186 valence electrons. The minimum Gasteiger partial charge on any atom is -0.458 e. The molecule has 5 heterocycles. The summed E-state index contributed by atoms with van der Waals surface area (Å²) in [5.41, 5.74) is 3.51. The molecule has 2 aromatic heterocycles. The second kappa shape index (κ2) is 7.21. The van der Waals surface area contributed by atoms with E-state index in [1.54, 1.807) is 24.5 Å². The van der Waals surface area contributed by atoms with Crippen LogP contribution in [0, 0.1) is 12.7 Å². The first-order valence-corrected chi connectivity index (χ1v) is 12.5. The number of nitrogens with zero attached hydrogens (tertiary/aromatic N) is 3.